The molecule has 0 amide bonds. The fraction of sp³-hybridized carbons (Fsp3) is 0.692. The Hall–Kier alpha value is -1.36. The van der Waals surface area contributed by atoms with Crippen molar-refractivity contribution in [2.45, 2.75) is 40.0 Å². The van der Waals surface area contributed by atoms with E-state index in [0.29, 0.717) is 18.9 Å². The van der Waals surface area contributed by atoms with E-state index >= 15 is 0 Å². The number of aryl methyl sites for hydroxylation is 1. The molecule has 0 aliphatic heterocycles. The molecule has 1 rings (SSSR count). The number of aromatic nitrogens is 2. The SMILES string of the molecule is CCCc1nc(NCC)c(C)c(OCCCO)n1. The van der Waals surface area contributed by atoms with Gasteiger partial charge < -0.3 is 15.2 Å². The van der Waals surface area contributed by atoms with Crippen LogP contribution in [0.5, 0.6) is 5.88 Å². The van der Waals surface area contributed by atoms with Gasteiger partial charge in [0.25, 0.3) is 0 Å². The van der Waals surface area contributed by atoms with Gasteiger partial charge in [-0.3, -0.25) is 0 Å². The maximum atomic E-state index is 8.77. The highest BCUT2D eigenvalue weighted by atomic mass is 16.5. The second kappa shape index (κ2) is 7.87. The Bertz CT molecular complexity index is 369. The summed E-state index contributed by atoms with van der Waals surface area (Å²) in [6, 6.07) is 0. The first-order valence-electron chi connectivity index (χ1n) is 6.57. The van der Waals surface area contributed by atoms with Crippen molar-refractivity contribution in [3.05, 3.63) is 11.4 Å². The predicted octanol–water partition coefficient (Wildman–Crippen LogP) is 1.93. The zero-order chi connectivity index (χ0) is 13.4. The van der Waals surface area contributed by atoms with Gasteiger partial charge in [-0.15, -0.1) is 0 Å². The third kappa shape index (κ3) is 4.14. The lowest BCUT2D eigenvalue weighted by atomic mass is 10.2. The van der Waals surface area contributed by atoms with Crippen LogP contribution in [-0.4, -0.2) is 34.8 Å². The standard InChI is InChI=1S/C13H23N3O2/c1-4-7-11-15-12(14-5-2)10(3)13(16-11)18-9-6-8-17/h17H,4-9H2,1-3H3,(H,14,15,16). The van der Waals surface area contributed by atoms with Crippen LogP contribution in [0, 0.1) is 6.92 Å². The smallest absolute Gasteiger partial charge is 0.221 e. The molecule has 5 heteroatoms. The molecule has 0 fully saturated rings. The molecule has 1 aromatic rings. The predicted molar refractivity (Wildman–Crippen MR) is 72.1 cm³/mol. The Morgan fingerprint density at radius 2 is 2.06 bits per heavy atom. The first-order valence-corrected chi connectivity index (χ1v) is 6.57. The van der Waals surface area contributed by atoms with Crippen LogP contribution in [0.3, 0.4) is 0 Å². The second-order valence-corrected chi connectivity index (χ2v) is 4.12. The van der Waals surface area contributed by atoms with E-state index in [0.717, 1.165) is 36.6 Å². The van der Waals surface area contributed by atoms with Crippen molar-refractivity contribution in [1.82, 2.24) is 9.97 Å². The van der Waals surface area contributed by atoms with Crippen LogP contribution in [0.15, 0.2) is 0 Å². The number of nitrogens with zero attached hydrogens (tertiary/aromatic N) is 2. The lowest BCUT2D eigenvalue weighted by Gasteiger charge is -2.13. The van der Waals surface area contributed by atoms with Gasteiger partial charge in [-0.05, 0) is 20.3 Å². The van der Waals surface area contributed by atoms with Gasteiger partial charge in [-0.2, -0.15) is 4.98 Å². The number of rotatable bonds is 8. The molecule has 18 heavy (non-hydrogen) atoms. The highest BCUT2D eigenvalue weighted by Crippen LogP contribution is 2.22. The summed E-state index contributed by atoms with van der Waals surface area (Å²) < 4.78 is 5.60. The van der Waals surface area contributed by atoms with Crippen LogP contribution < -0.4 is 10.1 Å². The van der Waals surface area contributed by atoms with Crippen LogP contribution in [0.1, 0.15) is 38.1 Å². The molecule has 5 nitrogen and oxygen atoms in total. The number of aliphatic hydroxyl groups is 1. The molecule has 102 valence electrons. The molecule has 0 spiro atoms. The van der Waals surface area contributed by atoms with E-state index in [1.165, 1.54) is 0 Å². The van der Waals surface area contributed by atoms with Crippen LogP contribution in [0.2, 0.25) is 0 Å². The molecule has 0 aliphatic carbocycles. The zero-order valence-electron chi connectivity index (χ0n) is 11.5. The molecule has 0 aromatic carbocycles. The van der Waals surface area contributed by atoms with Crippen molar-refractivity contribution in [1.29, 1.82) is 0 Å². The topological polar surface area (TPSA) is 67.3 Å². The first-order chi connectivity index (χ1) is 8.72. The van der Waals surface area contributed by atoms with Gasteiger partial charge in [-0.1, -0.05) is 6.92 Å². The first kappa shape index (κ1) is 14.7. The Labute approximate surface area is 109 Å². The van der Waals surface area contributed by atoms with Crippen molar-refractivity contribution in [3.8, 4) is 5.88 Å². The largest absolute Gasteiger partial charge is 0.477 e. The van der Waals surface area contributed by atoms with E-state index in [1.807, 2.05) is 13.8 Å². The highest BCUT2D eigenvalue weighted by Gasteiger charge is 2.11. The summed E-state index contributed by atoms with van der Waals surface area (Å²) in [5.41, 5.74) is 0.926. The summed E-state index contributed by atoms with van der Waals surface area (Å²) in [6.07, 6.45) is 2.46. The van der Waals surface area contributed by atoms with Crippen LogP contribution in [0.25, 0.3) is 0 Å². The van der Waals surface area contributed by atoms with Gasteiger partial charge in [0, 0.05) is 26.0 Å². The molecule has 0 saturated carbocycles. The Morgan fingerprint density at radius 1 is 1.28 bits per heavy atom. The van der Waals surface area contributed by atoms with E-state index in [2.05, 4.69) is 22.2 Å². The fourth-order valence-electron chi connectivity index (χ4n) is 1.59. The van der Waals surface area contributed by atoms with E-state index in [9.17, 15) is 0 Å². The van der Waals surface area contributed by atoms with E-state index in [4.69, 9.17) is 9.84 Å². The second-order valence-electron chi connectivity index (χ2n) is 4.12. The fourth-order valence-corrected chi connectivity index (χ4v) is 1.59. The van der Waals surface area contributed by atoms with Crippen molar-refractivity contribution in [2.75, 3.05) is 25.1 Å². The number of nitrogens with one attached hydrogen (secondary N) is 1. The van der Waals surface area contributed by atoms with E-state index in [-0.39, 0.29) is 6.61 Å². The normalized spacial score (nSPS) is 10.4. The summed E-state index contributed by atoms with van der Waals surface area (Å²) in [5, 5.41) is 12.0. The quantitative estimate of drug-likeness (QED) is 0.693. The van der Waals surface area contributed by atoms with Gasteiger partial charge in [-0.25, -0.2) is 4.98 Å². The third-order valence-electron chi connectivity index (χ3n) is 2.51. The molecule has 0 atom stereocenters. The third-order valence-corrected chi connectivity index (χ3v) is 2.51. The van der Waals surface area contributed by atoms with Gasteiger partial charge >= 0.3 is 0 Å². The highest BCUT2D eigenvalue weighted by molar-refractivity contribution is 5.48. The van der Waals surface area contributed by atoms with Gasteiger partial charge in [0.2, 0.25) is 5.88 Å². The summed E-state index contributed by atoms with van der Waals surface area (Å²) in [7, 11) is 0. The van der Waals surface area contributed by atoms with Crippen LogP contribution >= 0.6 is 0 Å². The molecule has 0 unspecified atom stereocenters. The minimum atomic E-state index is 0.131. The summed E-state index contributed by atoms with van der Waals surface area (Å²) in [4.78, 5) is 8.91. The molecule has 0 saturated heterocycles. The number of anilines is 1. The number of ether oxygens (including phenoxy) is 1. The van der Waals surface area contributed by atoms with Gasteiger partial charge in [0.1, 0.15) is 11.6 Å². The van der Waals surface area contributed by atoms with Gasteiger partial charge in [0.15, 0.2) is 0 Å². The van der Waals surface area contributed by atoms with Gasteiger partial charge in [0.05, 0.1) is 12.2 Å². The lowest BCUT2D eigenvalue weighted by Crippen LogP contribution is -2.10. The van der Waals surface area contributed by atoms with Crippen molar-refractivity contribution in [2.24, 2.45) is 0 Å². The molecule has 1 heterocycles. The van der Waals surface area contributed by atoms with E-state index < -0.39 is 0 Å². The van der Waals surface area contributed by atoms with Crippen molar-refractivity contribution < 1.29 is 9.84 Å². The molecule has 0 radical (unpaired) electrons. The zero-order valence-corrected chi connectivity index (χ0v) is 11.5. The maximum absolute atomic E-state index is 8.77. The molecule has 0 bridgehead atoms. The van der Waals surface area contributed by atoms with Crippen molar-refractivity contribution in [3.63, 3.8) is 0 Å². The van der Waals surface area contributed by atoms with Crippen LogP contribution in [-0.2, 0) is 6.42 Å². The minimum Gasteiger partial charge on any atom is -0.477 e. The number of hydrogen-bond donors (Lipinski definition) is 2. The van der Waals surface area contributed by atoms with Crippen LogP contribution in [0.4, 0.5) is 5.82 Å². The van der Waals surface area contributed by atoms with E-state index in [1.54, 1.807) is 0 Å². The summed E-state index contributed by atoms with van der Waals surface area (Å²) in [5.74, 6) is 2.27. The Balaban J connectivity index is 2.90. The molecule has 2 N–H and O–H groups in total. The Kier molecular flexibility index (Phi) is 6.43. The maximum Gasteiger partial charge on any atom is 0.221 e. The molecule has 0 aliphatic rings. The lowest BCUT2D eigenvalue weighted by molar-refractivity contribution is 0.228. The molecule has 1 aromatic heterocycles. The summed E-state index contributed by atoms with van der Waals surface area (Å²) >= 11 is 0. The van der Waals surface area contributed by atoms with Crippen molar-refractivity contribution >= 4 is 5.82 Å². The average molecular weight is 253 g/mol. The number of hydrogen-bond acceptors (Lipinski definition) is 5. The minimum absolute atomic E-state index is 0.131. The molecular weight excluding hydrogens is 230 g/mol. The Morgan fingerprint density at radius 3 is 2.67 bits per heavy atom. The average Bonchev–Trinajstić information content (AvgIpc) is 2.35. The monoisotopic (exact) mass is 253 g/mol. The summed E-state index contributed by atoms with van der Waals surface area (Å²) in [6.45, 7) is 7.51. The molecular formula is C13H23N3O2. The number of aliphatic hydroxyl groups excluding tert-OH is 1.